The predicted octanol–water partition coefficient (Wildman–Crippen LogP) is 2.19. The quantitative estimate of drug-likeness (QED) is 0.538. The third kappa shape index (κ3) is 4.50. The van der Waals surface area contributed by atoms with Crippen molar-refractivity contribution < 1.29 is 14.3 Å². The standard InChI is InChI=1S/C24H24N6O3/c1-16-24(32)29(20-11-5-6-12-21(20)33-16)15-22(31)27-13-7-10-19-18(14-25)23(26)30(28-19)17-8-3-2-4-9-17/h2-6,8-9,11-12,16H,7,10,13,15,26H2,1H3,(H,27,31). The molecule has 3 N–H and O–H groups in total. The van der Waals surface area contributed by atoms with Gasteiger partial charge in [0.15, 0.2) is 6.10 Å². The summed E-state index contributed by atoms with van der Waals surface area (Å²) in [5.41, 5.74) is 8.41. The topological polar surface area (TPSA) is 126 Å². The molecule has 0 aliphatic carbocycles. The smallest absolute Gasteiger partial charge is 0.268 e. The van der Waals surface area contributed by atoms with Crippen molar-refractivity contribution in [3.63, 3.8) is 0 Å². The van der Waals surface area contributed by atoms with Gasteiger partial charge in [-0.15, -0.1) is 0 Å². The first-order chi connectivity index (χ1) is 16.0. The third-order valence-corrected chi connectivity index (χ3v) is 5.39. The largest absolute Gasteiger partial charge is 0.479 e. The number of ether oxygens (including phenoxy) is 1. The van der Waals surface area contributed by atoms with Crippen molar-refractivity contribution in [1.82, 2.24) is 15.1 Å². The van der Waals surface area contributed by atoms with Crippen LogP contribution in [0.25, 0.3) is 5.69 Å². The van der Waals surface area contributed by atoms with Crippen molar-refractivity contribution in [3.05, 3.63) is 65.9 Å². The number of carbonyl (C=O) groups excluding carboxylic acids is 2. The summed E-state index contributed by atoms with van der Waals surface area (Å²) in [5, 5.41) is 16.8. The fourth-order valence-electron chi connectivity index (χ4n) is 3.75. The van der Waals surface area contributed by atoms with Gasteiger partial charge in [0.1, 0.15) is 29.7 Å². The number of nitrogen functional groups attached to an aromatic ring is 1. The van der Waals surface area contributed by atoms with Crippen LogP contribution in [0.3, 0.4) is 0 Å². The highest BCUT2D eigenvalue weighted by Crippen LogP contribution is 2.33. The summed E-state index contributed by atoms with van der Waals surface area (Å²) in [7, 11) is 0. The van der Waals surface area contributed by atoms with E-state index in [1.165, 1.54) is 4.90 Å². The fraction of sp³-hybridized carbons (Fsp3) is 0.250. The lowest BCUT2D eigenvalue weighted by Crippen LogP contribution is -2.48. The molecule has 0 saturated carbocycles. The summed E-state index contributed by atoms with van der Waals surface area (Å²) in [6.07, 6.45) is 0.390. The van der Waals surface area contributed by atoms with Crippen LogP contribution >= 0.6 is 0 Å². The van der Waals surface area contributed by atoms with Gasteiger partial charge in [0.25, 0.3) is 5.91 Å². The molecule has 168 valence electrons. The number of fused-ring (bicyclic) bond motifs is 1. The number of nitrogens with one attached hydrogen (secondary N) is 1. The lowest BCUT2D eigenvalue weighted by molar-refractivity contribution is -0.128. The van der Waals surface area contributed by atoms with E-state index in [0.29, 0.717) is 47.9 Å². The van der Waals surface area contributed by atoms with Crippen molar-refractivity contribution in [2.75, 3.05) is 23.7 Å². The Labute approximate surface area is 191 Å². The SMILES string of the molecule is CC1Oc2ccccc2N(CC(=O)NCCCc2nn(-c3ccccc3)c(N)c2C#N)C1=O. The van der Waals surface area contributed by atoms with Crippen LogP contribution in [0.2, 0.25) is 0 Å². The molecule has 0 spiro atoms. The molecule has 0 bridgehead atoms. The van der Waals surface area contributed by atoms with Crippen molar-refractivity contribution in [2.24, 2.45) is 0 Å². The molecule has 2 aromatic carbocycles. The number of nitriles is 1. The number of benzene rings is 2. The summed E-state index contributed by atoms with van der Waals surface area (Å²) in [5.74, 6) is 0.334. The molecular weight excluding hydrogens is 420 g/mol. The molecule has 0 fully saturated rings. The molecule has 1 aromatic heterocycles. The molecule has 0 radical (unpaired) electrons. The van der Waals surface area contributed by atoms with Gasteiger partial charge in [-0.25, -0.2) is 4.68 Å². The summed E-state index contributed by atoms with van der Waals surface area (Å²) < 4.78 is 7.15. The Bertz CT molecular complexity index is 1210. The van der Waals surface area contributed by atoms with Crippen molar-refractivity contribution in [3.8, 4) is 17.5 Å². The van der Waals surface area contributed by atoms with E-state index < -0.39 is 6.10 Å². The molecule has 4 rings (SSSR count). The Balaban J connectivity index is 1.35. The zero-order valence-corrected chi connectivity index (χ0v) is 18.2. The number of nitrogens with zero attached hydrogens (tertiary/aromatic N) is 4. The normalized spacial score (nSPS) is 14.8. The molecule has 2 heterocycles. The van der Waals surface area contributed by atoms with Gasteiger partial charge in [0.05, 0.1) is 17.1 Å². The van der Waals surface area contributed by atoms with Crippen molar-refractivity contribution in [2.45, 2.75) is 25.9 Å². The second-order valence-electron chi connectivity index (χ2n) is 7.67. The maximum Gasteiger partial charge on any atom is 0.268 e. The van der Waals surface area contributed by atoms with E-state index in [2.05, 4.69) is 16.5 Å². The molecule has 0 saturated heterocycles. The highest BCUT2D eigenvalue weighted by molar-refractivity contribution is 6.03. The molecule has 1 unspecified atom stereocenters. The average molecular weight is 444 g/mol. The number of nitrogens with two attached hydrogens (primary N) is 1. The molecule has 9 nitrogen and oxygen atoms in total. The molecule has 9 heteroatoms. The van der Waals surface area contributed by atoms with E-state index in [1.807, 2.05) is 36.4 Å². The second-order valence-corrected chi connectivity index (χ2v) is 7.67. The van der Waals surface area contributed by atoms with Crippen LogP contribution in [0.4, 0.5) is 11.5 Å². The molecule has 1 aliphatic rings. The van der Waals surface area contributed by atoms with E-state index in [1.54, 1.807) is 29.8 Å². The van der Waals surface area contributed by atoms with Gasteiger partial charge < -0.3 is 15.8 Å². The van der Waals surface area contributed by atoms with Crippen LogP contribution < -0.4 is 20.7 Å². The van der Waals surface area contributed by atoms with Gasteiger partial charge in [0.2, 0.25) is 5.91 Å². The summed E-state index contributed by atoms with van der Waals surface area (Å²) in [4.78, 5) is 26.5. The Morgan fingerprint density at radius 3 is 2.70 bits per heavy atom. The van der Waals surface area contributed by atoms with Crippen LogP contribution in [0.15, 0.2) is 54.6 Å². The Kier molecular flexibility index (Phi) is 6.26. The van der Waals surface area contributed by atoms with Crippen LogP contribution in [0.5, 0.6) is 5.75 Å². The average Bonchev–Trinajstić information content (AvgIpc) is 3.15. The fourth-order valence-corrected chi connectivity index (χ4v) is 3.75. The summed E-state index contributed by atoms with van der Waals surface area (Å²) in [6.45, 7) is 1.94. The number of anilines is 2. The lowest BCUT2D eigenvalue weighted by atomic mass is 10.1. The maximum atomic E-state index is 12.5. The maximum absolute atomic E-state index is 12.5. The highest BCUT2D eigenvalue weighted by Gasteiger charge is 2.32. The van der Waals surface area contributed by atoms with E-state index >= 15 is 0 Å². The lowest BCUT2D eigenvalue weighted by Gasteiger charge is -2.32. The minimum absolute atomic E-state index is 0.0947. The number of carbonyl (C=O) groups is 2. The number of aryl methyl sites for hydroxylation is 1. The first-order valence-corrected chi connectivity index (χ1v) is 10.7. The number of amides is 2. The van der Waals surface area contributed by atoms with E-state index in [4.69, 9.17) is 10.5 Å². The van der Waals surface area contributed by atoms with E-state index in [0.717, 1.165) is 5.69 Å². The van der Waals surface area contributed by atoms with E-state index in [-0.39, 0.29) is 18.4 Å². The molecule has 1 atom stereocenters. The van der Waals surface area contributed by atoms with Gasteiger partial charge >= 0.3 is 0 Å². The van der Waals surface area contributed by atoms with Crippen molar-refractivity contribution >= 4 is 23.3 Å². The van der Waals surface area contributed by atoms with Gasteiger partial charge in [-0.1, -0.05) is 30.3 Å². The van der Waals surface area contributed by atoms with Crippen LogP contribution in [0.1, 0.15) is 24.6 Å². The number of aromatic nitrogens is 2. The molecule has 2 amide bonds. The van der Waals surface area contributed by atoms with Gasteiger partial charge in [-0.3, -0.25) is 14.5 Å². The molecule has 33 heavy (non-hydrogen) atoms. The Hall–Kier alpha value is -4.32. The molecular formula is C24H24N6O3. The van der Waals surface area contributed by atoms with Crippen LogP contribution in [0, 0.1) is 11.3 Å². The zero-order chi connectivity index (χ0) is 23.4. The minimum Gasteiger partial charge on any atom is -0.479 e. The summed E-state index contributed by atoms with van der Waals surface area (Å²) >= 11 is 0. The van der Waals surface area contributed by atoms with Crippen LogP contribution in [-0.2, 0) is 16.0 Å². The monoisotopic (exact) mass is 444 g/mol. The van der Waals surface area contributed by atoms with Gasteiger partial charge in [0, 0.05) is 6.54 Å². The number of hydrogen-bond acceptors (Lipinski definition) is 6. The van der Waals surface area contributed by atoms with Gasteiger partial charge in [-0.05, 0) is 44.0 Å². The Morgan fingerprint density at radius 1 is 1.21 bits per heavy atom. The predicted molar refractivity (Wildman–Crippen MR) is 123 cm³/mol. The highest BCUT2D eigenvalue weighted by atomic mass is 16.5. The molecule has 1 aliphatic heterocycles. The number of para-hydroxylation sites is 3. The summed E-state index contributed by atoms with van der Waals surface area (Å²) in [6, 6.07) is 18.6. The first kappa shape index (κ1) is 21.9. The number of hydrogen-bond donors (Lipinski definition) is 2. The van der Waals surface area contributed by atoms with Crippen molar-refractivity contribution in [1.29, 1.82) is 5.26 Å². The Morgan fingerprint density at radius 2 is 1.94 bits per heavy atom. The van der Waals surface area contributed by atoms with Gasteiger partial charge in [-0.2, -0.15) is 10.4 Å². The molecule has 3 aromatic rings. The first-order valence-electron chi connectivity index (χ1n) is 10.7. The van der Waals surface area contributed by atoms with E-state index in [9.17, 15) is 14.9 Å². The minimum atomic E-state index is -0.651. The van der Waals surface area contributed by atoms with Crippen LogP contribution in [-0.4, -0.2) is 40.8 Å². The zero-order valence-electron chi connectivity index (χ0n) is 18.2. The second kappa shape index (κ2) is 9.44. The number of rotatable bonds is 7. The third-order valence-electron chi connectivity index (χ3n) is 5.39.